The summed E-state index contributed by atoms with van der Waals surface area (Å²) in [6.07, 6.45) is 10.7. The number of aryl methyl sites for hydroxylation is 1. The summed E-state index contributed by atoms with van der Waals surface area (Å²) in [5, 5.41) is 26.8. The van der Waals surface area contributed by atoms with Crippen LogP contribution in [0.3, 0.4) is 0 Å². The fraction of sp³-hybridized carbons (Fsp3) is 0.424. The number of halogens is 1. The second kappa shape index (κ2) is 12.9. The number of primary amides is 2. The van der Waals surface area contributed by atoms with Crippen molar-refractivity contribution in [3.05, 3.63) is 64.9 Å². The number of carbonyl (C=O) groups excluding carboxylic acids is 2. The van der Waals surface area contributed by atoms with Gasteiger partial charge in [-0.05, 0) is 45.8 Å². The normalized spacial score (nSPS) is 19.7. The number of anilines is 2. The number of nitrogens with zero attached hydrogens (tertiary/aromatic N) is 6. The van der Waals surface area contributed by atoms with Gasteiger partial charge in [0.25, 0.3) is 11.8 Å². The molecule has 2 aliphatic heterocycles. The topological polar surface area (TPSA) is 187 Å². The van der Waals surface area contributed by atoms with Gasteiger partial charge in [0, 0.05) is 79.0 Å². The van der Waals surface area contributed by atoms with Gasteiger partial charge in [-0.15, -0.1) is 0 Å². The molecule has 0 radical (unpaired) electrons. The Kier molecular flexibility index (Phi) is 8.96. The Morgan fingerprint density at radius 2 is 1.33 bits per heavy atom. The zero-order valence-electron chi connectivity index (χ0n) is 27.8. The van der Waals surface area contributed by atoms with Crippen LogP contribution >= 0.6 is 15.9 Å². The van der Waals surface area contributed by atoms with Crippen LogP contribution in [0.5, 0.6) is 0 Å². The van der Waals surface area contributed by atoms with E-state index in [0.717, 1.165) is 70.7 Å². The van der Waals surface area contributed by atoms with Crippen molar-refractivity contribution in [2.75, 3.05) is 36.8 Å². The number of hydrogen-bond donors (Lipinski definition) is 6. The molecule has 7 rings (SSSR count). The van der Waals surface area contributed by atoms with E-state index < -0.39 is 11.8 Å². The van der Waals surface area contributed by atoms with Gasteiger partial charge in [0.2, 0.25) is 0 Å². The van der Waals surface area contributed by atoms with Gasteiger partial charge in [-0.2, -0.15) is 15.3 Å². The Labute approximate surface area is 287 Å². The summed E-state index contributed by atoms with van der Waals surface area (Å²) in [4.78, 5) is 23.7. The Balaban J connectivity index is 0.000000173. The van der Waals surface area contributed by atoms with Crippen molar-refractivity contribution in [1.29, 1.82) is 0 Å². The summed E-state index contributed by atoms with van der Waals surface area (Å²) in [7, 11) is 0. The Morgan fingerprint density at radius 1 is 0.812 bits per heavy atom. The minimum Gasteiger partial charge on any atom is -0.378 e. The first kappa shape index (κ1) is 33.4. The third-order valence-corrected chi connectivity index (χ3v) is 9.88. The highest BCUT2D eigenvalue weighted by Gasteiger charge is 2.36. The third-order valence-electron chi connectivity index (χ3n) is 9.44. The maximum absolute atomic E-state index is 12.0. The number of amides is 2. The lowest BCUT2D eigenvalue weighted by molar-refractivity contribution is 0.0992. The second-order valence-electron chi connectivity index (χ2n) is 13.9. The summed E-state index contributed by atoms with van der Waals surface area (Å²) in [5.74, 6) is -0.966. The molecule has 2 saturated heterocycles. The van der Waals surface area contributed by atoms with Gasteiger partial charge in [0.05, 0.1) is 52.1 Å². The molecule has 2 aliphatic rings. The van der Waals surface area contributed by atoms with Crippen LogP contribution in [-0.2, 0) is 6.54 Å². The van der Waals surface area contributed by atoms with Gasteiger partial charge in [-0.3, -0.25) is 14.3 Å². The van der Waals surface area contributed by atoms with Crippen LogP contribution in [0, 0.1) is 10.8 Å². The molecule has 0 spiro atoms. The van der Waals surface area contributed by atoms with E-state index in [-0.39, 0.29) is 22.9 Å². The molecule has 2 fully saturated rings. The van der Waals surface area contributed by atoms with Gasteiger partial charge in [0.1, 0.15) is 0 Å². The number of nitrogens with one attached hydrogen (secondary N) is 4. The van der Waals surface area contributed by atoms with Gasteiger partial charge in [-0.1, -0.05) is 27.7 Å². The van der Waals surface area contributed by atoms with E-state index in [1.54, 1.807) is 9.03 Å². The maximum Gasteiger partial charge on any atom is 0.252 e. The van der Waals surface area contributed by atoms with E-state index in [9.17, 15) is 9.59 Å². The van der Waals surface area contributed by atoms with Crippen molar-refractivity contribution >= 4 is 50.2 Å². The molecule has 254 valence electrons. The van der Waals surface area contributed by atoms with E-state index in [2.05, 4.69) is 80.2 Å². The predicted octanol–water partition coefficient (Wildman–Crippen LogP) is 3.33. The Hall–Kier alpha value is -4.47. The molecular formula is C33H43BrN12O2. The van der Waals surface area contributed by atoms with Gasteiger partial charge < -0.3 is 32.7 Å². The summed E-state index contributed by atoms with van der Waals surface area (Å²) < 4.78 is 6.30. The molecule has 15 heteroatoms. The smallest absolute Gasteiger partial charge is 0.252 e. The molecule has 0 aliphatic carbocycles. The molecule has 0 bridgehead atoms. The lowest BCUT2D eigenvalue weighted by atomic mass is 9.87. The van der Waals surface area contributed by atoms with Gasteiger partial charge in [-0.25, -0.2) is 9.03 Å². The van der Waals surface area contributed by atoms with Crippen LogP contribution in [0.1, 0.15) is 55.3 Å². The second-order valence-corrected chi connectivity index (χ2v) is 14.8. The fourth-order valence-corrected chi connectivity index (χ4v) is 6.73. The average molecular weight is 720 g/mol. The lowest BCUT2D eigenvalue weighted by Crippen LogP contribution is -2.35. The summed E-state index contributed by atoms with van der Waals surface area (Å²) >= 11 is 3.44. The molecule has 5 aromatic rings. The van der Waals surface area contributed by atoms with Gasteiger partial charge in [0.15, 0.2) is 0 Å². The van der Waals surface area contributed by atoms with E-state index in [4.69, 9.17) is 11.5 Å². The first-order chi connectivity index (χ1) is 22.8. The van der Waals surface area contributed by atoms with Crippen LogP contribution in [0.25, 0.3) is 22.2 Å². The van der Waals surface area contributed by atoms with Crippen molar-refractivity contribution in [2.45, 2.75) is 53.2 Å². The minimum atomic E-state index is -0.488. The number of rotatable bonds is 8. The zero-order valence-corrected chi connectivity index (χ0v) is 29.4. The van der Waals surface area contributed by atoms with Crippen molar-refractivity contribution in [3.8, 4) is 11.1 Å². The Morgan fingerprint density at radius 3 is 1.79 bits per heavy atom. The fourth-order valence-electron chi connectivity index (χ4n) is 6.32. The van der Waals surface area contributed by atoms with Crippen LogP contribution in [-0.4, -0.2) is 79.1 Å². The van der Waals surface area contributed by atoms with Gasteiger partial charge >= 0.3 is 0 Å². The van der Waals surface area contributed by atoms with Crippen LogP contribution < -0.4 is 32.7 Å². The molecule has 2 amide bonds. The monoisotopic (exact) mass is 718 g/mol. The predicted molar refractivity (Wildman–Crippen MR) is 190 cm³/mol. The zero-order chi connectivity index (χ0) is 34.4. The first-order valence-corrected chi connectivity index (χ1v) is 16.8. The molecule has 7 heterocycles. The third kappa shape index (κ3) is 6.49. The number of fused-ring (bicyclic) bond motifs is 2. The van der Waals surface area contributed by atoms with E-state index in [0.29, 0.717) is 11.1 Å². The number of carbonyl (C=O) groups is 2. The highest BCUT2D eigenvalue weighted by molar-refractivity contribution is 9.10. The summed E-state index contributed by atoms with van der Waals surface area (Å²) in [6.45, 7) is 15.2. The van der Waals surface area contributed by atoms with E-state index in [1.165, 1.54) is 12.4 Å². The molecule has 8 N–H and O–H groups in total. The quantitative estimate of drug-likeness (QED) is 0.140. The molecule has 0 aromatic carbocycles. The first-order valence-electron chi connectivity index (χ1n) is 16.0. The minimum absolute atomic E-state index is 0.0624. The number of hydrogen-bond acceptors (Lipinski definition) is 9. The molecule has 14 nitrogen and oxygen atoms in total. The SMILES string of the molecule is CC1(C)CNCC1Nc1c(C(N)=O)cnn2cc(Br)cc12.CCn1cc(-c2cc3c(NC4CNCC4(C)C)c(C(N)=O)cnn3c2)cn1. The standard InChI is InChI=1S/C19H25N7O.C14H18BrN5O/c1-4-25-9-13(6-22-25)12-5-15-17(24-16-8-21-11-19(16,2)3)14(18(20)27)7-23-26(15)10-12;1-14(2)7-17-5-11(14)19-12-9(13(16)21)4-18-20-6-8(15)3-10(12)20/h5-7,9-10,16,21,24H,4,8,11H2,1-3H3,(H2,20,27);3-4,6,11,17,19H,5,7H2,1-2H3,(H2,16,21). The van der Waals surface area contributed by atoms with Crippen LogP contribution in [0.2, 0.25) is 0 Å². The maximum atomic E-state index is 12.0. The van der Waals surface area contributed by atoms with Crippen molar-refractivity contribution in [3.63, 3.8) is 0 Å². The summed E-state index contributed by atoms with van der Waals surface area (Å²) in [5.41, 5.74) is 17.2. The molecule has 2 atom stereocenters. The summed E-state index contributed by atoms with van der Waals surface area (Å²) in [6, 6.07) is 4.35. The largest absolute Gasteiger partial charge is 0.378 e. The van der Waals surface area contributed by atoms with Crippen molar-refractivity contribution < 1.29 is 9.59 Å². The molecular weight excluding hydrogens is 676 g/mol. The number of aromatic nitrogens is 6. The van der Waals surface area contributed by atoms with E-state index in [1.807, 2.05) is 48.5 Å². The molecule has 2 unspecified atom stereocenters. The average Bonchev–Trinajstić information content (AvgIpc) is 3.85. The van der Waals surface area contributed by atoms with Crippen molar-refractivity contribution in [1.82, 2.24) is 39.6 Å². The van der Waals surface area contributed by atoms with Crippen LogP contribution in [0.4, 0.5) is 11.4 Å². The number of nitrogens with two attached hydrogens (primary N) is 2. The highest BCUT2D eigenvalue weighted by Crippen LogP contribution is 2.34. The molecule has 5 aromatic heterocycles. The van der Waals surface area contributed by atoms with Crippen molar-refractivity contribution in [2.24, 2.45) is 22.3 Å². The molecule has 0 saturated carbocycles. The highest BCUT2D eigenvalue weighted by atomic mass is 79.9. The van der Waals surface area contributed by atoms with E-state index >= 15 is 0 Å². The lowest BCUT2D eigenvalue weighted by Gasteiger charge is -2.28. The van der Waals surface area contributed by atoms with Crippen LogP contribution in [0.15, 0.2) is 53.8 Å². The molecule has 48 heavy (non-hydrogen) atoms. The Bertz CT molecular complexity index is 1990.